The minimum Gasteiger partial charge on any atom is -0.360 e. The van der Waals surface area contributed by atoms with Crippen molar-refractivity contribution in [1.82, 2.24) is 29.7 Å². The molecule has 1 N–H and O–H groups in total. The molecule has 2 aliphatic rings. The summed E-state index contributed by atoms with van der Waals surface area (Å²) >= 11 is 0. The summed E-state index contributed by atoms with van der Waals surface area (Å²) < 4.78 is 6.87. The Morgan fingerprint density at radius 1 is 1.18 bits per heavy atom. The summed E-state index contributed by atoms with van der Waals surface area (Å²) in [7, 11) is 0. The minimum atomic E-state index is -0.144. The topological polar surface area (TPSA) is 109 Å². The van der Waals surface area contributed by atoms with Gasteiger partial charge in [-0.3, -0.25) is 14.5 Å². The molecule has 10 nitrogen and oxygen atoms in total. The second-order valence-electron chi connectivity index (χ2n) is 9.23. The number of aromatic nitrogens is 4. The van der Waals surface area contributed by atoms with Crippen molar-refractivity contribution in [3.63, 3.8) is 0 Å². The molecule has 4 heterocycles. The molecule has 1 aliphatic heterocycles. The molecule has 0 aromatic carbocycles. The van der Waals surface area contributed by atoms with Crippen LogP contribution in [0.3, 0.4) is 0 Å². The van der Waals surface area contributed by atoms with E-state index in [2.05, 4.69) is 29.4 Å². The summed E-state index contributed by atoms with van der Waals surface area (Å²) in [5.74, 6) is 1.37. The molecule has 1 aliphatic carbocycles. The Morgan fingerprint density at radius 2 is 1.94 bits per heavy atom. The lowest BCUT2D eigenvalue weighted by atomic mass is 10.1. The van der Waals surface area contributed by atoms with Crippen LogP contribution in [-0.2, 0) is 4.79 Å². The molecular weight excluding hydrogens is 422 g/mol. The standard InChI is InChI=1S/C23H29N7O3/c1-14(2)30-22-18(12-24-30)17(11-19(25-22)16-4-5-16)23(32)29-8-6-28(7-9-29)13-21(31)26-20-10-15(3)33-27-20/h10-12,14,16H,4-9,13H2,1-3H3,(H,26,27,31). The zero-order valence-electron chi connectivity index (χ0n) is 19.2. The maximum absolute atomic E-state index is 13.5. The van der Waals surface area contributed by atoms with Gasteiger partial charge in [0.1, 0.15) is 5.76 Å². The number of fused-ring (bicyclic) bond motifs is 1. The Kier molecular flexibility index (Phi) is 5.61. The van der Waals surface area contributed by atoms with Crippen molar-refractivity contribution in [3.8, 4) is 0 Å². The molecule has 2 fully saturated rings. The van der Waals surface area contributed by atoms with Crippen molar-refractivity contribution < 1.29 is 14.1 Å². The lowest BCUT2D eigenvalue weighted by Gasteiger charge is -2.34. The van der Waals surface area contributed by atoms with E-state index < -0.39 is 0 Å². The minimum absolute atomic E-state index is 0.00906. The van der Waals surface area contributed by atoms with Crippen LogP contribution in [0.2, 0.25) is 0 Å². The highest BCUT2D eigenvalue weighted by atomic mass is 16.5. The van der Waals surface area contributed by atoms with Crippen LogP contribution in [0.4, 0.5) is 5.82 Å². The van der Waals surface area contributed by atoms with Crippen LogP contribution in [0.1, 0.15) is 60.5 Å². The second-order valence-corrected chi connectivity index (χ2v) is 9.23. The smallest absolute Gasteiger partial charge is 0.254 e. The van der Waals surface area contributed by atoms with E-state index in [1.54, 1.807) is 19.2 Å². The maximum atomic E-state index is 13.5. The van der Waals surface area contributed by atoms with Crippen LogP contribution in [0.5, 0.6) is 0 Å². The Labute approximate surface area is 191 Å². The van der Waals surface area contributed by atoms with Crippen molar-refractivity contribution in [3.05, 3.63) is 35.3 Å². The Hall–Kier alpha value is -3.27. The van der Waals surface area contributed by atoms with Gasteiger partial charge in [-0.15, -0.1) is 0 Å². The highest BCUT2D eigenvalue weighted by molar-refractivity contribution is 6.05. The number of nitrogens with one attached hydrogen (secondary N) is 1. The number of rotatable bonds is 6. The number of aryl methyl sites for hydroxylation is 1. The molecular formula is C23H29N7O3. The molecule has 174 valence electrons. The van der Waals surface area contributed by atoms with E-state index >= 15 is 0 Å². The predicted octanol–water partition coefficient (Wildman–Crippen LogP) is 2.58. The summed E-state index contributed by atoms with van der Waals surface area (Å²) in [6.45, 7) is 8.55. The third kappa shape index (κ3) is 4.47. The number of anilines is 1. The van der Waals surface area contributed by atoms with E-state index in [0.29, 0.717) is 49.2 Å². The van der Waals surface area contributed by atoms with Gasteiger partial charge in [0.2, 0.25) is 5.91 Å². The van der Waals surface area contributed by atoms with Gasteiger partial charge in [-0.2, -0.15) is 5.10 Å². The molecule has 0 unspecified atom stereocenters. The molecule has 2 amide bonds. The zero-order chi connectivity index (χ0) is 23.1. The first kappa shape index (κ1) is 21.6. The summed E-state index contributed by atoms with van der Waals surface area (Å²) in [6, 6.07) is 3.82. The van der Waals surface area contributed by atoms with Gasteiger partial charge in [-0.1, -0.05) is 5.16 Å². The van der Waals surface area contributed by atoms with Gasteiger partial charge in [-0.05, 0) is 39.7 Å². The van der Waals surface area contributed by atoms with Gasteiger partial charge < -0.3 is 14.7 Å². The van der Waals surface area contributed by atoms with E-state index in [-0.39, 0.29) is 24.4 Å². The maximum Gasteiger partial charge on any atom is 0.254 e. The molecule has 5 rings (SSSR count). The first-order valence-corrected chi connectivity index (χ1v) is 11.5. The largest absolute Gasteiger partial charge is 0.360 e. The Balaban J connectivity index is 1.26. The number of hydrogen-bond acceptors (Lipinski definition) is 7. The average Bonchev–Trinajstić information content (AvgIpc) is 3.43. The number of nitrogens with zero attached hydrogens (tertiary/aromatic N) is 6. The van der Waals surface area contributed by atoms with E-state index in [1.807, 2.05) is 20.5 Å². The molecule has 0 atom stereocenters. The van der Waals surface area contributed by atoms with Gasteiger partial charge >= 0.3 is 0 Å². The zero-order valence-corrected chi connectivity index (χ0v) is 19.2. The summed E-state index contributed by atoms with van der Waals surface area (Å²) in [4.78, 5) is 34.6. The second kappa shape index (κ2) is 8.58. The molecule has 10 heteroatoms. The fourth-order valence-corrected chi connectivity index (χ4v) is 4.27. The lowest BCUT2D eigenvalue weighted by Crippen LogP contribution is -2.50. The van der Waals surface area contributed by atoms with Crippen molar-refractivity contribution in [2.24, 2.45) is 0 Å². The van der Waals surface area contributed by atoms with Crippen LogP contribution in [0.15, 0.2) is 22.9 Å². The Bertz CT molecular complexity index is 1190. The summed E-state index contributed by atoms with van der Waals surface area (Å²) in [6.07, 6.45) is 4.01. The molecule has 0 spiro atoms. The number of pyridine rings is 1. The summed E-state index contributed by atoms with van der Waals surface area (Å²) in [5.41, 5.74) is 2.46. The molecule has 3 aromatic heterocycles. The van der Waals surface area contributed by atoms with E-state index in [4.69, 9.17) is 9.51 Å². The van der Waals surface area contributed by atoms with E-state index in [1.165, 1.54) is 0 Å². The summed E-state index contributed by atoms with van der Waals surface area (Å²) in [5, 5.41) is 11.8. The SMILES string of the molecule is Cc1cc(NC(=O)CN2CCN(C(=O)c3cc(C4CC4)nc4c3cnn4C(C)C)CC2)no1. The number of hydrogen-bond donors (Lipinski definition) is 1. The van der Waals surface area contributed by atoms with Gasteiger partial charge in [-0.25, -0.2) is 9.67 Å². The highest BCUT2D eigenvalue weighted by Gasteiger charge is 2.30. The van der Waals surface area contributed by atoms with Gasteiger partial charge in [0.15, 0.2) is 11.5 Å². The van der Waals surface area contributed by atoms with Crippen molar-refractivity contribution in [1.29, 1.82) is 0 Å². The monoisotopic (exact) mass is 451 g/mol. The average molecular weight is 452 g/mol. The van der Waals surface area contributed by atoms with Gasteiger partial charge in [0, 0.05) is 49.9 Å². The third-order valence-electron chi connectivity index (χ3n) is 6.22. The first-order chi connectivity index (χ1) is 15.9. The van der Waals surface area contributed by atoms with Crippen molar-refractivity contribution >= 4 is 28.7 Å². The molecule has 33 heavy (non-hydrogen) atoms. The van der Waals surface area contributed by atoms with Crippen LogP contribution in [0, 0.1) is 6.92 Å². The van der Waals surface area contributed by atoms with Crippen LogP contribution in [-0.4, -0.2) is 74.3 Å². The van der Waals surface area contributed by atoms with Gasteiger partial charge in [0.05, 0.1) is 23.7 Å². The molecule has 3 aromatic rings. The number of carbonyl (C=O) groups excluding carboxylic acids is 2. The fraction of sp³-hybridized carbons (Fsp3) is 0.522. The number of carbonyl (C=O) groups is 2. The highest BCUT2D eigenvalue weighted by Crippen LogP contribution is 2.40. The molecule has 1 saturated heterocycles. The predicted molar refractivity (Wildman–Crippen MR) is 122 cm³/mol. The number of amides is 2. The normalized spacial score (nSPS) is 17.2. The lowest BCUT2D eigenvalue weighted by molar-refractivity contribution is -0.117. The third-order valence-corrected chi connectivity index (χ3v) is 6.22. The molecule has 1 saturated carbocycles. The molecule has 0 bridgehead atoms. The first-order valence-electron chi connectivity index (χ1n) is 11.5. The van der Waals surface area contributed by atoms with Gasteiger partial charge in [0.25, 0.3) is 5.91 Å². The van der Waals surface area contributed by atoms with Crippen LogP contribution < -0.4 is 5.32 Å². The molecule has 0 radical (unpaired) electrons. The van der Waals surface area contributed by atoms with Crippen LogP contribution >= 0.6 is 0 Å². The fourth-order valence-electron chi connectivity index (χ4n) is 4.27. The quantitative estimate of drug-likeness (QED) is 0.613. The van der Waals surface area contributed by atoms with Crippen LogP contribution in [0.25, 0.3) is 11.0 Å². The van der Waals surface area contributed by atoms with Crippen molar-refractivity contribution in [2.45, 2.75) is 45.6 Å². The number of piperazine rings is 1. The Morgan fingerprint density at radius 3 is 2.58 bits per heavy atom. The van der Waals surface area contributed by atoms with E-state index in [9.17, 15) is 9.59 Å². The van der Waals surface area contributed by atoms with Crippen molar-refractivity contribution in [2.75, 3.05) is 38.0 Å². The van der Waals surface area contributed by atoms with E-state index in [0.717, 1.165) is 29.6 Å².